The van der Waals surface area contributed by atoms with Crippen molar-refractivity contribution in [3.8, 4) is 22.9 Å². The number of fused-ring (bicyclic) bond motifs is 1. The van der Waals surface area contributed by atoms with Crippen molar-refractivity contribution in [1.82, 2.24) is 9.78 Å². The number of rotatable bonds is 7. The topological polar surface area (TPSA) is 275 Å². The third-order valence-corrected chi connectivity index (χ3v) is 8.71. The quantitative estimate of drug-likeness (QED) is 0.166. The summed E-state index contributed by atoms with van der Waals surface area (Å²) in [5, 5.41) is 66.4. The molecule has 6 aromatic rings. The Morgan fingerprint density at radius 3 is 1.65 bits per heavy atom. The predicted octanol–water partition coefficient (Wildman–Crippen LogP) is 0.291. The fourth-order valence-corrected chi connectivity index (χ4v) is 5.48. The molecule has 6 rings (SSSR count). The minimum Gasteiger partial charge on any atom is -0.871 e. The van der Waals surface area contributed by atoms with E-state index in [0.29, 0.717) is 16.8 Å². The van der Waals surface area contributed by atoms with Crippen molar-refractivity contribution in [3.63, 3.8) is 0 Å². The number of hydrogen-bond donors (Lipinski definition) is 2. The van der Waals surface area contributed by atoms with Crippen LogP contribution in [0.3, 0.4) is 0 Å². The molecular formula is C32H24CrN8NaO8S2. The third-order valence-electron chi connectivity index (χ3n) is 6.89. The molecule has 0 bridgehead atoms. The van der Waals surface area contributed by atoms with Gasteiger partial charge >= 0.3 is 46.9 Å². The van der Waals surface area contributed by atoms with Crippen LogP contribution in [0.5, 0.6) is 17.2 Å². The Bertz CT molecular complexity index is 2580. The molecule has 20 heteroatoms. The summed E-state index contributed by atoms with van der Waals surface area (Å²) in [5.41, 5.74) is -0.0626. The molecule has 259 valence electrons. The molecule has 0 aliphatic heterocycles. The Balaban J connectivity index is 0.000000271. The molecule has 0 saturated carbocycles. The van der Waals surface area contributed by atoms with Gasteiger partial charge in [0.2, 0.25) is 20.0 Å². The van der Waals surface area contributed by atoms with Crippen LogP contribution in [0, 0.1) is 6.92 Å². The van der Waals surface area contributed by atoms with Gasteiger partial charge in [-0.2, -0.15) is 15.3 Å². The molecule has 4 N–H and O–H groups in total. The molecule has 0 unspecified atom stereocenters. The van der Waals surface area contributed by atoms with Crippen LogP contribution in [0.2, 0.25) is 0 Å². The second kappa shape index (κ2) is 17.2. The van der Waals surface area contributed by atoms with Gasteiger partial charge in [0.25, 0.3) is 5.56 Å². The number of primary sulfonamides is 2. The minimum atomic E-state index is -3.99. The molecular weight excluding hydrogens is 764 g/mol. The Kier molecular flexibility index (Phi) is 13.8. The zero-order valence-corrected chi connectivity index (χ0v) is 32.1. The maximum atomic E-state index is 12.5. The van der Waals surface area contributed by atoms with Crippen LogP contribution in [0.25, 0.3) is 16.5 Å². The summed E-state index contributed by atoms with van der Waals surface area (Å²) in [6.07, 6.45) is 0. The fraction of sp³-hybridized carbons (Fsp3) is 0.0312. The number of sulfonamides is 2. The van der Waals surface area contributed by atoms with Crippen molar-refractivity contribution in [3.05, 3.63) is 119 Å². The zero-order chi connectivity index (χ0) is 36.2. The van der Waals surface area contributed by atoms with Crippen LogP contribution in [-0.2, 0) is 37.4 Å². The van der Waals surface area contributed by atoms with Crippen LogP contribution in [0.1, 0.15) is 5.69 Å². The summed E-state index contributed by atoms with van der Waals surface area (Å²) in [6, 6.07) is 25.1. The van der Waals surface area contributed by atoms with E-state index in [2.05, 4.69) is 25.6 Å². The van der Waals surface area contributed by atoms with Crippen LogP contribution in [0.4, 0.5) is 22.7 Å². The first kappa shape index (κ1) is 41.7. The van der Waals surface area contributed by atoms with Gasteiger partial charge in [-0.05, 0) is 41.8 Å². The number of aryl methyl sites for hydroxylation is 1. The van der Waals surface area contributed by atoms with Crippen molar-refractivity contribution in [2.45, 2.75) is 16.7 Å². The van der Waals surface area contributed by atoms with E-state index in [1.165, 1.54) is 10.7 Å². The molecule has 0 atom stereocenters. The average molecular weight is 788 g/mol. The smallest absolute Gasteiger partial charge is 0.871 e. The number of hydrogen-bond acceptors (Lipinski definition) is 12. The van der Waals surface area contributed by atoms with Crippen LogP contribution < -0.4 is 65.8 Å². The molecule has 52 heavy (non-hydrogen) atoms. The second-order valence-electron chi connectivity index (χ2n) is 10.4. The second-order valence-corrected chi connectivity index (χ2v) is 13.5. The Hall–Kier alpha value is -4.68. The van der Waals surface area contributed by atoms with E-state index in [9.17, 15) is 36.9 Å². The van der Waals surface area contributed by atoms with Crippen molar-refractivity contribution in [1.29, 1.82) is 0 Å². The number of azo groups is 2. The van der Waals surface area contributed by atoms with E-state index in [0.717, 1.165) is 41.8 Å². The molecule has 1 heterocycles. The first-order valence-electron chi connectivity index (χ1n) is 14.2. The number of nitrogens with two attached hydrogens (primary N) is 2. The summed E-state index contributed by atoms with van der Waals surface area (Å²) < 4.78 is 46.6. The molecule has 5 aromatic carbocycles. The first-order chi connectivity index (χ1) is 23.6. The van der Waals surface area contributed by atoms with Gasteiger partial charge in [0.1, 0.15) is 5.69 Å². The average Bonchev–Trinajstić information content (AvgIpc) is 3.36. The predicted molar refractivity (Wildman–Crippen MR) is 176 cm³/mol. The summed E-state index contributed by atoms with van der Waals surface area (Å²) >= 11 is 0. The Morgan fingerprint density at radius 1 is 0.635 bits per heavy atom. The van der Waals surface area contributed by atoms with Gasteiger partial charge in [0, 0.05) is 11.1 Å². The van der Waals surface area contributed by atoms with E-state index >= 15 is 0 Å². The fourth-order valence-electron chi connectivity index (χ4n) is 4.41. The zero-order valence-electron chi connectivity index (χ0n) is 27.1. The van der Waals surface area contributed by atoms with Crippen molar-refractivity contribution in [2.75, 3.05) is 0 Å². The van der Waals surface area contributed by atoms with Crippen LogP contribution in [0.15, 0.2) is 138 Å². The first-order valence-corrected chi connectivity index (χ1v) is 17.2. The van der Waals surface area contributed by atoms with Gasteiger partial charge in [-0.1, -0.05) is 90.9 Å². The number of nitrogens with zero attached hydrogens (tertiary/aromatic N) is 6. The Morgan fingerprint density at radius 2 is 1.12 bits per heavy atom. The molecule has 1 radical (unpaired) electrons. The van der Waals surface area contributed by atoms with Gasteiger partial charge < -0.3 is 25.1 Å². The van der Waals surface area contributed by atoms with E-state index in [1.54, 1.807) is 55.5 Å². The number of benzene rings is 5. The largest absolute Gasteiger partial charge is 3.00 e. The summed E-state index contributed by atoms with van der Waals surface area (Å²) in [7, 11) is -7.96. The normalized spacial score (nSPS) is 11.5. The summed E-state index contributed by atoms with van der Waals surface area (Å²) in [4.78, 5) is 11.9. The van der Waals surface area contributed by atoms with Crippen molar-refractivity contribution < 1.29 is 79.1 Å². The summed E-state index contributed by atoms with van der Waals surface area (Å²) in [5.74, 6) is -1.44. The van der Waals surface area contributed by atoms with Crippen molar-refractivity contribution >= 4 is 53.6 Å². The Labute approximate surface area is 329 Å². The molecule has 0 spiro atoms. The third kappa shape index (κ3) is 9.80. The SMILES string of the molecule is Cc1[n-]n(-c2ccccc2)c(=O)c1N=Nc1cc(S(N)(=O)=O)ccc1[O-].NS(=O)(=O)c1ccc([O-])c(N=Nc2c([O-])ccc3ccccc23)c1.[Cr+3].[Na+]. The van der Waals surface area contributed by atoms with E-state index in [4.69, 9.17) is 10.3 Å². The maximum absolute atomic E-state index is 12.5. The van der Waals surface area contributed by atoms with Gasteiger partial charge in [0.15, 0.2) is 0 Å². The van der Waals surface area contributed by atoms with E-state index < -0.39 is 37.1 Å². The van der Waals surface area contributed by atoms with Gasteiger partial charge in [-0.3, -0.25) is 4.79 Å². The molecule has 16 nitrogen and oxygen atoms in total. The number of aromatic nitrogens is 2. The maximum Gasteiger partial charge on any atom is 3.00 e. The van der Waals surface area contributed by atoms with E-state index in [1.807, 2.05) is 12.1 Å². The minimum absolute atomic E-state index is 0. The van der Waals surface area contributed by atoms with Gasteiger partial charge in [-0.25, -0.2) is 27.1 Å². The molecule has 0 fully saturated rings. The number of para-hydroxylation sites is 1. The molecule has 0 aliphatic rings. The van der Waals surface area contributed by atoms with Crippen LogP contribution in [-0.4, -0.2) is 21.5 Å². The monoisotopic (exact) mass is 787 g/mol. The van der Waals surface area contributed by atoms with Crippen LogP contribution >= 0.6 is 0 Å². The van der Waals surface area contributed by atoms with E-state index in [-0.39, 0.29) is 85.2 Å². The molecule has 1 aromatic heterocycles. The van der Waals surface area contributed by atoms with Gasteiger partial charge in [-0.15, -0.1) is 10.8 Å². The van der Waals surface area contributed by atoms with Gasteiger partial charge in [0.05, 0.1) is 26.9 Å². The standard InChI is InChI=1S/C16H15N5O4S.C16H13N3O4S.Cr.Na/c1-10-15(16(23)21(20-10)11-5-3-2-4-6-11)19-18-13-9-12(26(17,24)25)7-8-14(13)22;17-24(22,23)11-6-8-14(20)13(9-11)18-19-16-12-4-2-1-3-10(12)5-7-15(16)21;;/h2-9H,1H3,(H4,17,18,19,20,22,23,24,25);1-9,20-21H,(H2,17,22,23);;/q;;+3;+1/p-4. The molecule has 0 amide bonds. The molecule has 0 saturated heterocycles. The van der Waals surface area contributed by atoms with Crippen molar-refractivity contribution in [2.24, 2.45) is 30.7 Å². The summed E-state index contributed by atoms with van der Waals surface area (Å²) in [6.45, 7) is 1.58. The molecule has 0 aliphatic carbocycles.